The zero-order valence-corrected chi connectivity index (χ0v) is 13.1. The average Bonchev–Trinajstić information content (AvgIpc) is 2.96. The first kappa shape index (κ1) is 14.5. The molecule has 0 saturated carbocycles. The monoisotopic (exact) mass is 292 g/mol. The molecule has 0 bridgehead atoms. The number of aromatic nitrogens is 3. The quantitative estimate of drug-likeness (QED) is 0.659. The second kappa shape index (κ2) is 6.51. The van der Waals surface area contributed by atoms with Crippen molar-refractivity contribution in [2.75, 3.05) is 7.05 Å². The summed E-state index contributed by atoms with van der Waals surface area (Å²) in [5, 5.41) is 11.8. The van der Waals surface area contributed by atoms with Crippen molar-refractivity contribution < 1.29 is 0 Å². The molecule has 0 fully saturated rings. The van der Waals surface area contributed by atoms with Gasteiger partial charge in [0.1, 0.15) is 0 Å². The summed E-state index contributed by atoms with van der Waals surface area (Å²) in [4.78, 5) is 9.87. The summed E-state index contributed by atoms with van der Waals surface area (Å²) < 4.78 is 1.79. The summed E-state index contributed by atoms with van der Waals surface area (Å²) in [6, 6.07) is 0. The lowest BCUT2D eigenvalue weighted by molar-refractivity contribution is 0.765. The molecule has 0 atom stereocenters. The van der Waals surface area contributed by atoms with Crippen LogP contribution in [0.1, 0.15) is 21.1 Å². The molecule has 0 aliphatic heterocycles. The fourth-order valence-corrected chi connectivity index (χ4v) is 2.75. The number of aliphatic imine (C=N–C) groups is 1. The number of aryl methyl sites for hydroxylation is 3. The molecule has 108 valence electrons. The van der Waals surface area contributed by atoms with Crippen LogP contribution in [-0.4, -0.2) is 27.8 Å². The van der Waals surface area contributed by atoms with E-state index in [1.807, 2.05) is 33.3 Å². The van der Waals surface area contributed by atoms with Crippen LogP contribution >= 0.6 is 11.3 Å². The number of guanidine groups is 1. The van der Waals surface area contributed by atoms with Crippen molar-refractivity contribution in [2.45, 2.75) is 26.9 Å². The Bertz CT molecular complexity index is 598. The van der Waals surface area contributed by atoms with Gasteiger partial charge in [0.25, 0.3) is 0 Å². The van der Waals surface area contributed by atoms with Gasteiger partial charge in [-0.25, -0.2) is 4.98 Å². The maximum absolute atomic E-state index is 4.42. The van der Waals surface area contributed by atoms with Gasteiger partial charge in [0.05, 0.1) is 23.4 Å². The molecule has 0 aromatic carbocycles. The minimum Gasteiger partial charge on any atom is -0.352 e. The molecular weight excluding hydrogens is 272 g/mol. The fourth-order valence-electron chi connectivity index (χ4n) is 1.87. The van der Waals surface area contributed by atoms with E-state index in [0.29, 0.717) is 6.54 Å². The third-order valence-corrected chi connectivity index (χ3v) is 3.93. The molecule has 0 aliphatic rings. The maximum atomic E-state index is 4.42. The van der Waals surface area contributed by atoms with E-state index in [1.54, 1.807) is 23.1 Å². The lowest BCUT2D eigenvalue weighted by Crippen LogP contribution is -2.36. The highest BCUT2D eigenvalue weighted by atomic mass is 32.1. The van der Waals surface area contributed by atoms with Gasteiger partial charge in [-0.3, -0.25) is 9.67 Å². The Morgan fingerprint density at radius 2 is 2.10 bits per heavy atom. The first-order chi connectivity index (χ1) is 9.58. The highest BCUT2D eigenvalue weighted by Gasteiger charge is 2.06. The highest BCUT2D eigenvalue weighted by Crippen LogP contribution is 2.16. The smallest absolute Gasteiger partial charge is 0.191 e. The molecule has 7 heteroatoms. The molecule has 20 heavy (non-hydrogen) atoms. The third kappa shape index (κ3) is 3.80. The van der Waals surface area contributed by atoms with E-state index in [4.69, 9.17) is 0 Å². The summed E-state index contributed by atoms with van der Waals surface area (Å²) in [6.45, 7) is 5.50. The van der Waals surface area contributed by atoms with Gasteiger partial charge >= 0.3 is 0 Å². The molecule has 2 heterocycles. The van der Waals surface area contributed by atoms with Gasteiger partial charge < -0.3 is 10.6 Å². The summed E-state index contributed by atoms with van der Waals surface area (Å²) >= 11 is 1.71. The molecular formula is C13H20N6S. The van der Waals surface area contributed by atoms with E-state index < -0.39 is 0 Å². The van der Waals surface area contributed by atoms with Crippen molar-refractivity contribution in [3.8, 4) is 0 Å². The second-order valence-corrected chi connectivity index (χ2v) is 5.83. The van der Waals surface area contributed by atoms with Crippen molar-refractivity contribution in [3.63, 3.8) is 0 Å². The number of hydrogen-bond acceptors (Lipinski definition) is 4. The standard InChI is InChI=1S/C13H20N6S/c1-9-12(20-10(2)18-9)7-16-13(14-3)15-5-11-6-17-19(4)8-11/h6,8H,5,7H2,1-4H3,(H2,14,15,16). The Balaban J connectivity index is 1.85. The van der Waals surface area contributed by atoms with Crippen LogP contribution in [0.25, 0.3) is 0 Å². The Morgan fingerprint density at radius 3 is 2.65 bits per heavy atom. The molecule has 0 unspecified atom stereocenters. The molecule has 2 N–H and O–H groups in total. The van der Waals surface area contributed by atoms with E-state index in [2.05, 4.69) is 25.7 Å². The maximum Gasteiger partial charge on any atom is 0.191 e. The molecule has 2 aromatic rings. The van der Waals surface area contributed by atoms with E-state index in [-0.39, 0.29) is 0 Å². The van der Waals surface area contributed by atoms with Gasteiger partial charge in [-0.1, -0.05) is 0 Å². The first-order valence-electron chi connectivity index (χ1n) is 6.43. The van der Waals surface area contributed by atoms with Crippen LogP contribution in [0.15, 0.2) is 17.4 Å². The summed E-state index contributed by atoms with van der Waals surface area (Å²) in [7, 11) is 3.68. The number of thiazole rings is 1. The highest BCUT2D eigenvalue weighted by molar-refractivity contribution is 7.11. The first-order valence-corrected chi connectivity index (χ1v) is 7.25. The molecule has 0 radical (unpaired) electrons. The fraction of sp³-hybridized carbons (Fsp3) is 0.462. The van der Waals surface area contributed by atoms with Crippen molar-refractivity contribution in [2.24, 2.45) is 12.0 Å². The zero-order chi connectivity index (χ0) is 14.5. The molecule has 2 aromatic heterocycles. The molecule has 0 saturated heterocycles. The predicted molar refractivity (Wildman–Crippen MR) is 81.8 cm³/mol. The minimum atomic E-state index is 0.703. The lowest BCUT2D eigenvalue weighted by Gasteiger charge is -2.10. The van der Waals surface area contributed by atoms with Crippen molar-refractivity contribution >= 4 is 17.3 Å². The number of nitrogens with zero attached hydrogens (tertiary/aromatic N) is 4. The third-order valence-electron chi connectivity index (χ3n) is 2.86. The predicted octanol–water partition coefficient (Wildman–Crippen LogP) is 1.36. The Kier molecular flexibility index (Phi) is 4.73. The second-order valence-electron chi connectivity index (χ2n) is 4.54. The average molecular weight is 292 g/mol. The van der Waals surface area contributed by atoms with Crippen LogP contribution in [0.5, 0.6) is 0 Å². The molecule has 0 spiro atoms. The normalized spacial score (nSPS) is 11.7. The van der Waals surface area contributed by atoms with Gasteiger partial charge in [0, 0.05) is 37.3 Å². The SMILES string of the molecule is CN=C(NCc1cnn(C)c1)NCc1sc(C)nc1C. The van der Waals surface area contributed by atoms with E-state index >= 15 is 0 Å². The minimum absolute atomic E-state index is 0.703. The van der Waals surface area contributed by atoms with Crippen LogP contribution in [0, 0.1) is 13.8 Å². The van der Waals surface area contributed by atoms with Crippen molar-refractivity contribution in [1.29, 1.82) is 0 Å². The van der Waals surface area contributed by atoms with Crippen molar-refractivity contribution in [3.05, 3.63) is 33.5 Å². The number of rotatable bonds is 4. The Morgan fingerprint density at radius 1 is 1.35 bits per heavy atom. The molecule has 0 amide bonds. The molecule has 0 aliphatic carbocycles. The Hall–Kier alpha value is -1.89. The Labute approximate surface area is 123 Å². The summed E-state index contributed by atoms with van der Waals surface area (Å²) in [5.74, 6) is 0.777. The zero-order valence-electron chi connectivity index (χ0n) is 12.3. The van der Waals surface area contributed by atoms with Gasteiger partial charge in [-0.2, -0.15) is 5.10 Å². The van der Waals surface area contributed by atoms with Gasteiger partial charge in [0.2, 0.25) is 0 Å². The summed E-state index contributed by atoms with van der Waals surface area (Å²) in [6.07, 6.45) is 3.83. The van der Waals surface area contributed by atoms with E-state index in [0.717, 1.165) is 28.8 Å². The van der Waals surface area contributed by atoms with E-state index in [1.165, 1.54) is 4.88 Å². The van der Waals surface area contributed by atoms with Gasteiger partial charge in [-0.15, -0.1) is 11.3 Å². The summed E-state index contributed by atoms with van der Waals surface area (Å²) in [5.41, 5.74) is 2.21. The molecule has 2 rings (SSSR count). The largest absolute Gasteiger partial charge is 0.352 e. The van der Waals surface area contributed by atoms with Crippen molar-refractivity contribution in [1.82, 2.24) is 25.4 Å². The van der Waals surface area contributed by atoms with Crippen LogP contribution < -0.4 is 10.6 Å². The number of hydrogen-bond donors (Lipinski definition) is 2. The number of nitrogens with one attached hydrogen (secondary N) is 2. The van der Waals surface area contributed by atoms with Crippen LogP contribution in [0.2, 0.25) is 0 Å². The van der Waals surface area contributed by atoms with Crippen LogP contribution in [-0.2, 0) is 20.1 Å². The van der Waals surface area contributed by atoms with E-state index in [9.17, 15) is 0 Å². The van der Waals surface area contributed by atoms with Gasteiger partial charge in [0.15, 0.2) is 5.96 Å². The van der Waals surface area contributed by atoms with Crippen LogP contribution in [0.4, 0.5) is 0 Å². The lowest BCUT2D eigenvalue weighted by atomic mass is 10.3. The molecule has 6 nitrogen and oxygen atoms in total. The van der Waals surface area contributed by atoms with Gasteiger partial charge in [-0.05, 0) is 13.8 Å². The van der Waals surface area contributed by atoms with Crippen LogP contribution in [0.3, 0.4) is 0 Å². The topological polar surface area (TPSA) is 67.1 Å².